The van der Waals surface area contributed by atoms with Gasteiger partial charge in [-0.1, -0.05) is 13.8 Å². The summed E-state index contributed by atoms with van der Waals surface area (Å²) in [4.78, 5) is 11.7. The molecule has 0 bridgehead atoms. The summed E-state index contributed by atoms with van der Waals surface area (Å²) in [5.41, 5.74) is 0.801. The minimum absolute atomic E-state index is 0.0522. The lowest BCUT2D eigenvalue weighted by molar-refractivity contribution is 0.102. The van der Waals surface area contributed by atoms with Gasteiger partial charge in [0, 0.05) is 29.4 Å². The van der Waals surface area contributed by atoms with Crippen LogP contribution in [0.1, 0.15) is 19.4 Å². The average Bonchev–Trinajstić information content (AvgIpc) is 2.19. The summed E-state index contributed by atoms with van der Waals surface area (Å²) < 4.78 is 8.06. The standard InChI is InChI=1S/C12H18BrNO2/c1-9(2)8-16-5-4-14-7-11(13)6-10(3)12(14)15/h6-7,9H,4-5,8H2,1-3H3. The Labute approximate surface area is 105 Å². The maximum absolute atomic E-state index is 11.7. The van der Waals surface area contributed by atoms with Crippen LogP contribution in [0.4, 0.5) is 0 Å². The molecule has 0 atom stereocenters. The molecule has 0 radical (unpaired) electrons. The van der Waals surface area contributed by atoms with Crippen LogP contribution in [0.5, 0.6) is 0 Å². The molecule has 0 aliphatic rings. The summed E-state index contributed by atoms with van der Waals surface area (Å²) in [6, 6.07) is 1.83. The second-order valence-corrected chi connectivity index (χ2v) is 5.22. The minimum atomic E-state index is 0.0522. The van der Waals surface area contributed by atoms with E-state index in [-0.39, 0.29) is 5.56 Å². The first-order valence-corrected chi connectivity index (χ1v) is 6.24. The van der Waals surface area contributed by atoms with Crippen LogP contribution in [0.2, 0.25) is 0 Å². The molecular formula is C12H18BrNO2. The Morgan fingerprint density at radius 3 is 2.81 bits per heavy atom. The molecule has 0 aliphatic carbocycles. The number of hydrogen-bond acceptors (Lipinski definition) is 2. The molecule has 0 fully saturated rings. The van der Waals surface area contributed by atoms with E-state index in [4.69, 9.17) is 4.74 Å². The van der Waals surface area contributed by atoms with Crippen LogP contribution < -0.4 is 5.56 Å². The summed E-state index contributed by atoms with van der Waals surface area (Å²) in [6.07, 6.45) is 1.80. The summed E-state index contributed by atoms with van der Waals surface area (Å²) in [6.45, 7) is 7.95. The van der Waals surface area contributed by atoms with Crippen LogP contribution in [-0.4, -0.2) is 17.8 Å². The Bertz CT molecular complexity index is 398. The number of pyridine rings is 1. The first-order chi connectivity index (χ1) is 7.50. The smallest absolute Gasteiger partial charge is 0.253 e. The van der Waals surface area contributed by atoms with Crippen LogP contribution in [-0.2, 0) is 11.3 Å². The lowest BCUT2D eigenvalue weighted by Gasteiger charge is -2.09. The topological polar surface area (TPSA) is 31.2 Å². The Hall–Kier alpha value is -0.610. The number of aromatic nitrogens is 1. The Morgan fingerprint density at radius 2 is 2.19 bits per heavy atom. The van der Waals surface area contributed by atoms with E-state index >= 15 is 0 Å². The number of ether oxygens (including phenoxy) is 1. The molecule has 0 saturated heterocycles. The summed E-state index contributed by atoms with van der Waals surface area (Å²) in [5.74, 6) is 0.529. The van der Waals surface area contributed by atoms with Gasteiger partial charge in [0.25, 0.3) is 5.56 Å². The van der Waals surface area contributed by atoms with Crippen molar-refractivity contribution in [2.45, 2.75) is 27.3 Å². The third-order valence-corrected chi connectivity index (χ3v) is 2.59. The molecule has 0 N–H and O–H groups in total. The van der Waals surface area contributed by atoms with Crippen molar-refractivity contribution in [3.8, 4) is 0 Å². The van der Waals surface area contributed by atoms with E-state index in [9.17, 15) is 4.79 Å². The quantitative estimate of drug-likeness (QED) is 0.780. The van der Waals surface area contributed by atoms with Crippen molar-refractivity contribution in [2.75, 3.05) is 13.2 Å². The number of nitrogens with zero attached hydrogens (tertiary/aromatic N) is 1. The number of rotatable bonds is 5. The van der Waals surface area contributed by atoms with Gasteiger partial charge in [0.15, 0.2) is 0 Å². The zero-order valence-corrected chi connectivity index (χ0v) is 11.6. The molecule has 1 aromatic rings. The molecular weight excluding hydrogens is 270 g/mol. The summed E-state index contributed by atoms with van der Waals surface area (Å²) in [5, 5.41) is 0. The van der Waals surface area contributed by atoms with E-state index in [0.29, 0.717) is 19.1 Å². The van der Waals surface area contributed by atoms with Crippen LogP contribution >= 0.6 is 15.9 Å². The van der Waals surface area contributed by atoms with Gasteiger partial charge in [-0.3, -0.25) is 4.79 Å². The molecule has 0 unspecified atom stereocenters. The Morgan fingerprint density at radius 1 is 1.50 bits per heavy atom. The van der Waals surface area contributed by atoms with Crippen molar-refractivity contribution < 1.29 is 4.74 Å². The normalized spacial score (nSPS) is 11.1. The molecule has 4 heteroatoms. The molecule has 0 aromatic carbocycles. The molecule has 0 saturated carbocycles. The van der Waals surface area contributed by atoms with Gasteiger partial charge in [-0.25, -0.2) is 0 Å². The predicted molar refractivity (Wildman–Crippen MR) is 68.8 cm³/mol. The van der Waals surface area contributed by atoms with Crippen LogP contribution in [0.3, 0.4) is 0 Å². The van der Waals surface area contributed by atoms with E-state index in [1.807, 2.05) is 13.0 Å². The van der Waals surface area contributed by atoms with Crippen LogP contribution in [0.15, 0.2) is 21.5 Å². The first-order valence-electron chi connectivity index (χ1n) is 5.45. The van der Waals surface area contributed by atoms with Crippen molar-refractivity contribution >= 4 is 15.9 Å². The zero-order chi connectivity index (χ0) is 12.1. The fraction of sp³-hybridized carbons (Fsp3) is 0.583. The highest BCUT2D eigenvalue weighted by Gasteiger charge is 2.02. The maximum Gasteiger partial charge on any atom is 0.253 e. The van der Waals surface area contributed by atoms with Gasteiger partial charge in [0.1, 0.15) is 0 Å². The van der Waals surface area contributed by atoms with Gasteiger partial charge >= 0.3 is 0 Å². The molecule has 1 heterocycles. The van der Waals surface area contributed by atoms with E-state index < -0.39 is 0 Å². The summed E-state index contributed by atoms with van der Waals surface area (Å²) >= 11 is 3.38. The molecule has 3 nitrogen and oxygen atoms in total. The van der Waals surface area contributed by atoms with Gasteiger partial charge in [-0.15, -0.1) is 0 Å². The number of aryl methyl sites for hydroxylation is 1. The lowest BCUT2D eigenvalue weighted by Crippen LogP contribution is -2.24. The maximum atomic E-state index is 11.7. The Kier molecular flexibility index (Phi) is 5.22. The highest BCUT2D eigenvalue weighted by molar-refractivity contribution is 9.10. The van der Waals surface area contributed by atoms with Crippen molar-refractivity contribution in [3.63, 3.8) is 0 Å². The predicted octanol–water partition coefficient (Wildman–Crippen LogP) is 2.59. The fourth-order valence-electron chi connectivity index (χ4n) is 1.39. The fourth-order valence-corrected chi connectivity index (χ4v) is 1.98. The largest absolute Gasteiger partial charge is 0.379 e. The SMILES string of the molecule is Cc1cc(Br)cn(CCOCC(C)C)c1=O. The molecule has 0 aliphatic heterocycles. The molecule has 0 amide bonds. The highest BCUT2D eigenvalue weighted by Crippen LogP contribution is 2.07. The van der Waals surface area contributed by atoms with E-state index in [1.54, 1.807) is 10.8 Å². The van der Waals surface area contributed by atoms with E-state index in [2.05, 4.69) is 29.8 Å². The number of halogens is 1. The minimum Gasteiger partial charge on any atom is -0.379 e. The van der Waals surface area contributed by atoms with E-state index in [0.717, 1.165) is 16.6 Å². The lowest BCUT2D eigenvalue weighted by atomic mass is 10.2. The van der Waals surface area contributed by atoms with Crippen molar-refractivity contribution in [2.24, 2.45) is 5.92 Å². The molecule has 90 valence electrons. The third-order valence-electron chi connectivity index (χ3n) is 2.16. The second kappa shape index (κ2) is 6.21. The van der Waals surface area contributed by atoms with Gasteiger partial charge in [-0.2, -0.15) is 0 Å². The summed E-state index contributed by atoms with van der Waals surface area (Å²) in [7, 11) is 0. The number of hydrogen-bond donors (Lipinski definition) is 0. The van der Waals surface area contributed by atoms with Gasteiger partial charge in [-0.05, 0) is 34.8 Å². The second-order valence-electron chi connectivity index (χ2n) is 4.31. The monoisotopic (exact) mass is 287 g/mol. The van der Waals surface area contributed by atoms with Crippen molar-refractivity contribution in [1.82, 2.24) is 4.57 Å². The third kappa shape index (κ3) is 4.10. The van der Waals surface area contributed by atoms with E-state index in [1.165, 1.54) is 0 Å². The van der Waals surface area contributed by atoms with Gasteiger partial charge < -0.3 is 9.30 Å². The van der Waals surface area contributed by atoms with Crippen molar-refractivity contribution in [1.29, 1.82) is 0 Å². The Balaban J connectivity index is 2.57. The van der Waals surface area contributed by atoms with Crippen LogP contribution in [0.25, 0.3) is 0 Å². The molecule has 16 heavy (non-hydrogen) atoms. The van der Waals surface area contributed by atoms with Crippen molar-refractivity contribution in [3.05, 3.63) is 32.7 Å². The average molecular weight is 288 g/mol. The molecule has 1 rings (SSSR count). The van der Waals surface area contributed by atoms with Crippen LogP contribution in [0, 0.1) is 12.8 Å². The van der Waals surface area contributed by atoms with Gasteiger partial charge in [0.05, 0.1) is 6.61 Å². The highest BCUT2D eigenvalue weighted by atomic mass is 79.9. The van der Waals surface area contributed by atoms with Gasteiger partial charge in [0.2, 0.25) is 0 Å². The first kappa shape index (κ1) is 13.5. The molecule has 0 spiro atoms. The zero-order valence-electron chi connectivity index (χ0n) is 10.00. The molecule has 1 aromatic heterocycles.